The molecule has 0 unspecified atom stereocenters. The first-order valence-electron chi connectivity index (χ1n) is 9.04. The van der Waals surface area contributed by atoms with Crippen LogP contribution in [0.4, 0.5) is 0 Å². The molecule has 0 spiro atoms. The van der Waals surface area contributed by atoms with Crippen molar-refractivity contribution < 1.29 is 4.74 Å². The summed E-state index contributed by atoms with van der Waals surface area (Å²) in [6.45, 7) is 6.47. The molecule has 1 heterocycles. The summed E-state index contributed by atoms with van der Waals surface area (Å²) >= 11 is 1.64. The van der Waals surface area contributed by atoms with Crippen LogP contribution in [-0.4, -0.2) is 10.6 Å². The predicted molar refractivity (Wildman–Crippen MR) is 112 cm³/mol. The standard InChI is InChI=1S/C23H25NOS/c1-4-15-23(2,3)25-21(19-13-9-6-10-14-19)16-22-24-20(17-26-22)18-11-7-5-8-12-18/h5-14,16-17H,4,15H2,1-3H3/b21-16-. The van der Waals surface area contributed by atoms with Crippen molar-refractivity contribution in [3.05, 3.63) is 76.6 Å². The van der Waals surface area contributed by atoms with Crippen LogP contribution in [0.25, 0.3) is 23.1 Å². The molecule has 2 nitrogen and oxygen atoms in total. The molecule has 0 atom stereocenters. The molecule has 0 aliphatic heterocycles. The minimum atomic E-state index is -0.212. The maximum atomic E-state index is 6.41. The molecule has 2 aromatic carbocycles. The number of aromatic nitrogens is 1. The van der Waals surface area contributed by atoms with Crippen molar-refractivity contribution in [2.45, 2.75) is 39.2 Å². The zero-order valence-corrected chi connectivity index (χ0v) is 16.4. The van der Waals surface area contributed by atoms with E-state index in [-0.39, 0.29) is 5.60 Å². The Balaban J connectivity index is 1.93. The van der Waals surface area contributed by atoms with E-state index in [2.05, 4.69) is 56.5 Å². The molecular formula is C23H25NOS. The highest BCUT2D eigenvalue weighted by Gasteiger charge is 2.21. The van der Waals surface area contributed by atoms with Gasteiger partial charge in [0.1, 0.15) is 16.4 Å². The first-order chi connectivity index (χ1) is 12.6. The van der Waals surface area contributed by atoms with Gasteiger partial charge in [-0.05, 0) is 20.3 Å². The highest BCUT2D eigenvalue weighted by Crippen LogP contribution is 2.30. The molecule has 3 heteroatoms. The van der Waals surface area contributed by atoms with Gasteiger partial charge in [0.05, 0.1) is 5.69 Å². The Morgan fingerprint density at radius 1 is 1.04 bits per heavy atom. The molecule has 3 aromatic rings. The first kappa shape index (κ1) is 18.4. The van der Waals surface area contributed by atoms with Crippen molar-refractivity contribution in [3.8, 4) is 11.3 Å². The Morgan fingerprint density at radius 2 is 1.69 bits per heavy atom. The number of nitrogens with zero attached hydrogens (tertiary/aromatic N) is 1. The second-order valence-corrected chi connectivity index (χ2v) is 7.81. The molecule has 0 amide bonds. The van der Waals surface area contributed by atoms with Crippen molar-refractivity contribution in [2.24, 2.45) is 0 Å². The fraction of sp³-hybridized carbons (Fsp3) is 0.261. The molecule has 0 radical (unpaired) electrons. The second-order valence-electron chi connectivity index (χ2n) is 6.92. The molecule has 0 aliphatic rings. The summed E-state index contributed by atoms with van der Waals surface area (Å²) < 4.78 is 6.41. The van der Waals surface area contributed by atoms with Crippen molar-refractivity contribution >= 4 is 23.2 Å². The van der Waals surface area contributed by atoms with E-state index in [9.17, 15) is 0 Å². The molecule has 0 fully saturated rings. The van der Waals surface area contributed by atoms with Crippen LogP contribution in [0.15, 0.2) is 66.0 Å². The van der Waals surface area contributed by atoms with Gasteiger partial charge in [-0.3, -0.25) is 0 Å². The Labute approximate surface area is 160 Å². The summed E-state index contributed by atoms with van der Waals surface area (Å²) in [7, 11) is 0. The quantitative estimate of drug-likeness (QED) is 0.426. The first-order valence-corrected chi connectivity index (χ1v) is 9.92. The van der Waals surface area contributed by atoms with Crippen LogP contribution in [0, 0.1) is 0 Å². The molecule has 1 aromatic heterocycles. The highest BCUT2D eigenvalue weighted by molar-refractivity contribution is 7.10. The molecular weight excluding hydrogens is 338 g/mol. The minimum absolute atomic E-state index is 0.212. The summed E-state index contributed by atoms with van der Waals surface area (Å²) in [6, 6.07) is 20.5. The lowest BCUT2D eigenvalue weighted by Gasteiger charge is -2.27. The molecule has 3 rings (SSSR count). The van der Waals surface area contributed by atoms with E-state index >= 15 is 0 Å². The van der Waals surface area contributed by atoms with Crippen LogP contribution in [0.3, 0.4) is 0 Å². The summed E-state index contributed by atoms with van der Waals surface area (Å²) in [5.74, 6) is 0.873. The van der Waals surface area contributed by atoms with Crippen LogP contribution in [0.5, 0.6) is 0 Å². The van der Waals surface area contributed by atoms with Crippen LogP contribution in [-0.2, 0) is 4.74 Å². The van der Waals surface area contributed by atoms with E-state index in [1.807, 2.05) is 36.4 Å². The van der Waals surface area contributed by atoms with Gasteiger partial charge in [0.15, 0.2) is 0 Å². The van der Waals surface area contributed by atoms with Crippen molar-refractivity contribution in [3.63, 3.8) is 0 Å². The topological polar surface area (TPSA) is 22.1 Å². The highest BCUT2D eigenvalue weighted by atomic mass is 32.1. The fourth-order valence-electron chi connectivity index (χ4n) is 2.93. The van der Waals surface area contributed by atoms with E-state index in [1.165, 1.54) is 0 Å². The molecule has 0 saturated heterocycles. The Bertz CT molecular complexity index is 850. The van der Waals surface area contributed by atoms with Crippen LogP contribution in [0.1, 0.15) is 44.2 Å². The second kappa shape index (κ2) is 8.33. The Kier molecular flexibility index (Phi) is 5.89. The Morgan fingerprint density at radius 3 is 2.35 bits per heavy atom. The van der Waals surface area contributed by atoms with Gasteiger partial charge in [-0.25, -0.2) is 4.98 Å². The van der Waals surface area contributed by atoms with E-state index in [0.29, 0.717) is 0 Å². The molecule has 0 N–H and O–H groups in total. The number of hydrogen-bond acceptors (Lipinski definition) is 3. The SMILES string of the molecule is CCCC(C)(C)O/C(=C\c1nc(-c2ccccc2)cs1)c1ccccc1. The predicted octanol–water partition coefficient (Wildman–Crippen LogP) is 6.90. The molecule has 26 heavy (non-hydrogen) atoms. The van der Waals surface area contributed by atoms with E-state index < -0.39 is 0 Å². The van der Waals surface area contributed by atoms with Gasteiger partial charge >= 0.3 is 0 Å². The number of ether oxygens (including phenoxy) is 1. The van der Waals surface area contributed by atoms with Gasteiger partial charge in [0, 0.05) is 22.6 Å². The number of hydrogen-bond donors (Lipinski definition) is 0. The largest absolute Gasteiger partial charge is 0.487 e. The van der Waals surface area contributed by atoms with Gasteiger partial charge in [0.2, 0.25) is 0 Å². The summed E-state index contributed by atoms with van der Waals surface area (Å²) in [5.41, 5.74) is 3.00. The molecule has 0 bridgehead atoms. The fourth-order valence-corrected chi connectivity index (χ4v) is 3.68. The van der Waals surface area contributed by atoms with Crippen LogP contribution < -0.4 is 0 Å². The maximum absolute atomic E-state index is 6.41. The zero-order chi connectivity index (χ0) is 18.4. The van der Waals surface area contributed by atoms with Crippen molar-refractivity contribution in [2.75, 3.05) is 0 Å². The zero-order valence-electron chi connectivity index (χ0n) is 15.6. The summed E-state index contributed by atoms with van der Waals surface area (Å²) in [5, 5.41) is 3.05. The normalized spacial score (nSPS) is 12.2. The third kappa shape index (κ3) is 4.83. The molecule has 0 saturated carbocycles. The van der Waals surface area contributed by atoms with E-state index in [4.69, 9.17) is 9.72 Å². The maximum Gasteiger partial charge on any atom is 0.130 e. The van der Waals surface area contributed by atoms with Gasteiger partial charge in [-0.2, -0.15) is 0 Å². The van der Waals surface area contributed by atoms with E-state index in [0.717, 1.165) is 40.4 Å². The Hall–Kier alpha value is -2.39. The number of benzene rings is 2. The van der Waals surface area contributed by atoms with Gasteiger partial charge in [0.25, 0.3) is 0 Å². The number of rotatable bonds is 7. The van der Waals surface area contributed by atoms with Crippen LogP contribution >= 0.6 is 11.3 Å². The van der Waals surface area contributed by atoms with Gasteiger partial charge < -0.3 is 4.74 Å². The number of thiazole rings is 1. The lowest BCUT2D eigenvalue weighted by Crippen LogP contribution is -2.23. The van der Waals surface area contributed by atoms with Gasteiger partial charge in [-0.1, -0.05) is 74.0 Å². The lowest BCUT2D eigenvalue weighted by atomic mass is 10.0. The average molecular weight is 364 g/mol. The van der Waals surface area contributed by atoms with Crippen molar-refractivity contribution in [1.29, 1.82) is 0 Å². The van der Waals surface area contributed by atoms with Crippen molar-refractivity contribution in [1.82, 2.24) is 4.98 Å². The van der Waals surface area contributed by atoms with Crippen LogP contribution in [0.2, 0.25) is 0 Å². The molecule has 134 valence electrons. The summed E-state index contributed by atoms with van der Waals surface area (Å²) in [6.07, 6.45) is 4.15. The smallest absolute Gasteiger partial charge is 0.130 e. The summed E-state index contributed by atoms with van der Waals surface area (Å²) in [4.78, 5) is 4.78. The third-order valence-electron chi connectivity index (χ3n) is 4.14. The van der Waals surface area contributed by atoms with Gasteiger partial charge in [-0.15, -0.1) is 11.3 Å². The molecule has 0 aliphatic carbocycles. The monoisotopic (exact) mass is 363 g/mol. The van der Waals surface area contributed by atoms with E-state index in [1.54, 1.807) is 11.3 Å². The lowest BCUT2D eigenvalue weighted by molar-refractivity contribution is 0.0685. The minimum Gasteiger partial charge on any atom is -0.487 e. The third-order valence-corrected chi connectivity index (χ3v) is 4.93. The average Bonchev–Trinajstić information content (AvgIpc) is 3.11.